The van der Waals surface area contributed by atoms with Crippen molar-refractivity contribution in [2.24, 2.45) is 0 Å². The van der Waals surface area contributed by atoms with Gasteiger partial charge in [0.2, 0.25) is 17.8 Å². The third-order valence-corrected chi connectivity index (χ3v) is 2.01. The van der Waals surface area contributed by atoms with Crippen LogP contribution in [0.3, 0.4) is 0 Å². The van der Waals surface area contributed by atoms with E-state index in [0.717, 1.165) is 0 Å². The van der Waals surface area contributed by atoms with Gasteiger partial charge in [-0.3, -0.25) is 4.79 Å². The molecule has 8 nitrogen and oxygen atoms in total. The van der Waals surface area contributed by atoms with E-state index in [-0.39, 0.29) is 18.5 Å². The Hall–Kier alpha value is -2.12. The zero-order chi connectivity index (χ0) is 12.8. The highest BCUT2D eigenvalue weighted by molar-refractivity contribution is 5.80. The van der Waals surface area contributed by atoms with Gasteiger partial charge in [-0.2, -0.15) is 15.0 Å². The minimum absolute atomic E-state index is 0.127. The number of carbonyl (C=O) groups is 1. The lowest BCUT2D eigenvalue weighted by molar-refractivity contribution is -0.119. The van der Waals surface area contributed by atoms with E-state index in [4.69, 9.17) is 4.74 Å². The second-order valence-electron chi connectivity index (χ2n) is 3.22. The summed E-state index contributed by atoms with van der Waals surface area (Å²) in [5, 5.41) is 5.32. The van der Waals surface area contributed by atoms with Crippen molar-refractivity contribution in [3.05, 3.63) is 0 Å². The van der Waals surface area contributed by atoms with E-state index in [0.29, 0.717) is 11.9 Å². The summed E-state index contributed by atoms with van der Waals surface area (Å²) in [6.07, 6.45) is 0. The average Bonchev–Trinajstić information content (AvgIpc) is 2.37. The topological polar surface area (TPSA) is 92.3 Å². The van der Waals surface area contributed by atoms with Crippen LogP contribution in [0.15, 0.2) is 0 Å². The van der Waals surface area contributed by atoms with Crippen molar-refractivity contribution in [3.63, 3.8) is 0 Å². The molecule has 0 aromatic carbocycles. The molecule has 0 aliphatic carbocycles. The third kappa shape index (κ3) is 3.44. The molecule has 94 valence electrons. The molecule has 0 aliphatic rings. The van der Waals surface area contributed by atoms with E-state index < -0.39 is 0 Å². The molecule has 1 amide bonds. The molecule has 1 heterocycles. The van der Waals surface area contributed by atoms with Gasteiger partial charge in [-0.1, -0.05) is 0 Å². The maximum absolute atomic E-state index is 11.2. The molecule has 1 aromatic rings. The van der Waals surface area contributed by atoms with Crippen LogP contribution in [0.25, 0.3) is 0 Å². The molecular weight excluding hydrogens is 224 g/mol. The van der Waals surface area contributed by atoms with Crippen molar-refractivity contribution in [2.45, 2.75) is 0 Å². The third-order valence-electron chi connectivity index (χ3n) is 2.01. The Morgan fingerprint density at radius 3 is 2.59 bits per heavy atom. The predicted octanol–water partition coefficient (Wildman–Crippen LogP) is -0.896. The van der Waals surface area contributed by atoms with Crippen LogP contribution in [0.5, 0.6) is 6.01 Å². The maximum atomic E-state index is 11.2. The number of methoxy groups -OCH3 is 1. The summed E-state index contributed by atoms with van der Waals surface area (Å²) < 4.78 is 4.95. The Morgan fingerprint density at radius 1 is 1.35 bits per heavy atom. The highest BCUT2D eigenvalue weighted by atomic mass is 16.5. The van der Waals surface area contributed by atoms with Crippen LogP contribution in [0.1, 0.15) is 0 Å². The first kappa shape index (κ1) is 12.9. The van der Waals surface area contributed by atoms with E-state index in [1.54, 1.807) is 26.0 Å². The SMILES string of the molecule is CNC(=O)CN(C)c1nc(NC)nc(OC)n1. The van der Waals surface area contributed by atoms with Gasteiger partial charge in [0, 0.05) is 21.1 Å². The quantitative estimate of drug-likeness (QED) is 0.689. The molecule has 0 atom stereocenters. The number of amides is 1. The molecule has 1 rings (SSSR count). The number of ether oxygens (including phenoxy) is 1. The molecule has 8 heteroatoms. The van der Waals surface area contributed by atoms with Gasteiger partial charge in [0.15, 0.2) is 0 Å². The van der Waals surface area contributed by atoms with Crippen molar-refractivity contribution in [3.8, 4) is 6.01 Å². The monoisotopic (exact) mass is 240 g/mol. The van der Waals surface area contributed by atoms with Gasteiger partial charge in [0.1, 0.15) is 0 Å². The number of hydrogen-bond donors (Lipinski definition) is 2. The molecule has 0 aliphatic heterocycles. The fourth-order valence-corrected chi connectivity index (χ4v) is 1.08. The molecule has 0 fully saturated rings. The first-order chi connectivity index (χ1) is 8.10. The van der Waals surface area contributed by atoms with Crippen LogP contribution in [-0.4, -0.2) is 55.7 Å². The lowest BCUT2D eigenvalue weighted by Gasteiger charge is -2.16. The number of aromatic nitrogens is 3. The molecule has 0 unspecified atom stereocenters. The smallest absolute Gasteiger partial charge is 0.322 e. The first-order valence-electron chi connectivity index (χ1n) is 5.00. The summed E-state index contributed by atoms with van der Waals surface area (Å²) in [5.74, 6) is 0.623. The number of anilines is 2. The largest absolute Gasteiger partial charge is 0.467 e. The maximum Gasteiger partial charge on any atom is 0.322 e. The number of nitrogens with zero attached hydrogens (tertiary/aromatic N) is 4. The van der Waals surface area contributed by atoms with Crippen molar-refractivity contribution >= 4 is 17.8 Å². The van der Waals surface area contributed by atoms with Crippen molar-refractivity contribution < 1.29 is 9.53 Å². The molecule has 0 saturated heterocycles. The zero-order valence-corrected chi connectivity index (χ0v) is 10.3. The predicted molar refractivity (Wildman–Crippen MR) is 63.3 cm³/mol. The Bertz CT molecular complexity index is 375. The summed E-state index contributed by atoms with van der Waals surface area (Å²) >= 11 is 0. The summed E-state index contributed by atoms with van der Waals surface area (Å²) in [5.41, 5.74) is 0. The Morgan fingerprint density at radius 2 is 2.06 bits per heavy atom. The van der Waals surface area contributed by atoms with Gasteiger partial charge in [-0.15, -0.1) is 0 Å². The lowest BCUT2D eigenvalue weighted by atomic mass is 10.5. The molecule has 0 spiro atoms. The molecule has 0 bridgehead atoms. The minimum atomic E-state index is -0.127. The van der Waals surface area contributed by atoms with Crippen molar-refractivity contribution in [1.82, 2.24) is 20.3 Å². The van der Waals surface area contributed by atoms with Crippen LogP contribution in [0.2, 0.25) is 0 Å². The normalized spacial score (nSPS) is 9.65. The van der Waals surface area contributed by atoms with E-state index >= 15 is 0 Å². The van der Waals surface area contributed by atoms with Gasteiger partial charge in [0.25, 0.3) is 0 Å². The number of hydrogen-bond acceptors (Lipinski definition) is 7. The summed E-state index contributed by atoms with van der Waals surface area (Å²) in [6.45, 7) is 0.160. The van der Waals surface area contributed by atoms with Gasteiger partial charge < -0.3 is 20.3 Å². The standard InChI is InChI=1S/C9H16N6O2/c1-10-6(16)5-15(3)8-12-7(11-2)13-9(14-8)17-4/h5H2,1-4H3,(H,10,16)(H,11,12,13,14). The minimum Gasteiger partial charge on any atom is -0.467 e. The highest BCUT2D eigenvalue weighted by Crippen LogP contribution is 2.12. The van der Waals surface area contributed by atoms with Gasteiger partial charge in [0.05, 0.1) is 13.7 Å². The van der Waals surface area contributed by atoms with Crippen LogP contribution in [0.4, 0.5) is 11.9 Å². The fourth-order valence-electron chi connectivity index (χ4n) is 1.08. The van der Waals surface area contributed by atoms with Gasteiger partial charge in [-0.05, 0) is 0 Å². The van der Waals surface area contributed by atoms with Crippen molar-refractivity contribution in [1.29, 1.82) is 0 Å². The van der Waals surface area contributed by atoms with Crippen LogP contribution in [0, 0.1) is 0 Å². The second kappa shape index (κ2) is 5.83. The van der Waals surface area contributed by atoms with Crippen LogP contribution < -0.4 is 20.3 Å². The summed E-state index contributed by atoms with van der Waals surface area (Å²) in [7, 11) is 6.45. The van der Waals surface area contributed by atoms with E-state index in [1.807, 2.05) is 0 Å². The average molecular weight is 240 g/mol. The lowest BCUT2D eigenvalue weighted by Crippen LogP contribution is -2.34. The van der Waals surface area contributed by atoms with Crippen LogP contribution in [-0.2, 0) is 4.79 Å². The highest BCUT2D eigenvalue weighted by Gasteiger charge is 2.12. The first-order valence-corrected chi connectivity index (χ1v) is 5.00. The Labute approximate surface area is 99.4 Å². The number of carbonyl (C=O) groups excluding carboxylic acids is 1. The number of rotatable bonds is 5. The molecule has 0 saturated carbocycles. The number of likely N-dealkylation sites (N-methyl/N-ethyl adjacent to an activating group) is 2. The van der Waals surface area contributed by atoms with Crippen molar-refractivity contribution in [2.75, 3.05) is 45.0 Å². The van der Waals surface area contributed by atoms with E-state index in [2.05, 4.69) is 25.6 Å². The molecule has 1 aromatic heterocycles. The molecule has 2 N–H and O–H groups in total. The van der Waals surface area contributed by atoms with Gasteiger partial charge >= 0.3 is 6.01 Å². The summed E-state index contributed by atoms with van der Waals surface area (Å²) in [6, 6.07) is 0.197. The fraction of sp³-hybridized carbons (Fsp3) is 0.556. The van der Waals surface area contributed by atoms with Crippen LogP contribution >= 0.6 is 0 Å². The number of nitrogens with one attached hydrogen (secondary N) is 2. The molecule has 17 heavy (non-hydrogen) atoms. The second-order valence-corrected chi connectivity index (χ2v) is 3.22. The summed E-state index contributed by atoms with van der Waals surface area (Å²) in [4.78, 5) is 25.0. The van der Waals surface area contributed by atoms with E-state index in [9.17, 15) is 4.79 Å². The Kier molecular flexibility index (Phi) is 4.44. The van der Waals surface area contributed by atoms with E-state index in [1.165, 1.54) is 7.11 Å². The van der Waals surface area contributed by atoms with Gasteiger partial charge in [-0.25, -0.2) is 0 Å². The molecular formula is C9H16N6O2. The zero-order valence-electron chi connectivity index (χ0n) is 10.3. The Balaban J connectivity index is 2.91. The molecule has 0 radical (unpaired) electrons.